The van der Waals surface area contributed by atoms with Crippen molar-refractivity contribution in [1.82, 2.24) is 5.23 Å². The summed E-state index contributed by atoms with van der Waals surface area (Å²) in [6.07, 6.45) is 3.79. The molecule has 0 saturated carbocycles. The monoisotopic (exact) mass is 109 g/mol. The van der Waals surface area contributed by atoms with E-state index in [0.29, 0.717) is 0 Å². The van der Waals surface area contributed by atoms with Crippen LogP contribution >= 0.6 is 0 Å². The number of hydrogen-bond donors (Lipinski definition) is 1. The van der Waals surface area contributed by atoms with Crippen LogP contribution in [-0.4, -0.2) is 14.5 Å². The van der Waals surface area contributed by atoms with Gasteiger partial charge < -0.3 is 9.96 Å². The molecule has 0 atom stereocenters. The molecule has 0 aromatic heterocycles. The molecule has 1 heterocycles. The maximum absolute atomic E-state index is 4.90. The van der Waals surface area contributed by atoms with Crippen molar-refractivity contribution in [2.45, 2.75) is 0 Å². The molecule has 0 aliphatic carbocycles. The van der Waals surface area contributed by atoms with Crippen molar-refractivity contribution in [3.63, 3.8) is 0 Å². The normalized spacial score (nSPS) is 15.9. The molecule has 0 amide bonds. The number of hydrogen-bond acceptors (Lipinski definition) is 2. The van der Waals surface area contributed by atoms with Gasteiger partial charge in [0.05, 0.1) is 7.11 Å². The lowest BCUT2D eigenvalue weighted by atomic mass is 9.92. The second kappa shape index (κ2) is 2.45. The minimum atomic E-state index is 0.885. The van der Waals surface area contributed by atoms with E-state index in [1.165, 1.54) is 0 Å². The summed E-state index contributed by atoms with van der Waals surface area (Å²) >= 11 is 0. The van der Waals surface area contributed by atoms with Gasteiger partial charge >= 0.3 is 0 Å². The van der Waals surface area contributed by atoms with E-state index in [-0.39, 0.29) is 0 Å². The summed E-state index contributed by atoms with van der Waals surface area (Å²) in [4.78, 5) is 0. The Balaban J connectivity index is 2.51. The lowest BCUT2D eigenvalue weighted by Crippen LogP contribution is -2.13. The molecule has 1 rings (SSSR count). The van der Waals surface area contributed by atoms with Crippen LogP contribution in [0.5, 0.6) is 0 Å². The Bertz CT molecular complexity index is 130. The minimum Gasteiger partial charge on any atom is -0.495 e. The van der Waals surface area contributed by atoms with Gasteiger partial charge in [-0.1, -0.05) is 5.98 Å². The highest BCUT2D eigenvalue weighted by Gasteiger charge is 1.92. The van der Waals surface area contributed by atoms with Gasteiger partial charge in [-0.25, -0.2) is 0 Å². The summed E-state index contributed by atoms with van der Waals surface area (Å²) in [6, 6.07) is 0. The Hall–Kier alpha value is -0.855. The Morgan fingerprint density at radius 1 is 1.75 bits per heavy atom. The molecule has 0 saturated heterocycles. The third-order valence-corrected chi connectivity index (χ3v) is 0.998. The molecule has 1 aliphatic heterocycles. The van der Waals surface area contributed by atoms with Crippen molar-refractivity contribution in [3.8, 4) is 0 Å². The number of nitrogens with one attached hydrogen (secondary N) is 1. The molecule has 0 bridgehead atoms. The van der Waals surface area contributed by atoms with Gasteiger partial charge in [0.15, 0.2) is 0 Å². The number of rotatable bonds is 1. The van der Waals surface area contributed by atoms with E-state index in [1.54, 1.807) is 7.11 Å². The van der Waals surface area contributed by atoms with Crippen molar-refractivity contribution in [1.29, 1.82) is 0 Å². The molecule has 42 valence electrons. The molecule has 1 N–H and O–H groups in total. The zero-order valence-corrected chi connectivity index (χ0v) is 4.85. The van der Waals surface area contributed by atoms with E-state index in [9.17, 15) is 0 Å². The molecular formula is C5H8BNO. The first kappa shape index (κ1) is 5.28. The van der Waals surface area contributed by atoms with Gasteiger partial charge in [0.1, 0.15) is 5.76 Å². The van der Waals surface area contributed by atoms with E-state index in [0.717, 1.165) is 13.2 Å². The first-order chi connectivity index (χ1) is 3.93. The van der Waals surface area contributed by atoms with E-state index in [4.69, 9.17) is 4.74 Å². The highest BCUT2D eigenvalue weighted by molar-refractivity contribution is 6.39. The number of ether oxygens (including phenoxy) is 1. The molecule has 0 unspecified atom stereocenters. The maximum atomic E-state index is 4.90. The fraction of sp³-hybridized carbons (Fsp3) is 0.200. The van der Waals surface area contributed by atoms with Crippen LogP contribution in [-0.2, 0) is 4.74 Å². The van der Waals surface area contributed by atoms with Gasteiger partial charge in [-0.3, -0.25) is 0 Å². The summed E-state index contributed by atoms with van der Waals surface area (Å²) in [7, 11) is 2.57. The number of allylic oxidation sites excluding steroid dienone is 1. The Labute approximate surface area is 49.5 Å². The van der Waals surface area contributed by atoms with Crippen LogP contribution in [0.15, 0.2) is 24.0 Å². The zero-order valence-electron chi connectivity index (χ0n) is 4.85. The van der Waals surface area contributed by atoms with Crippen molar-refractivity contribution in [2.75, 3.05) is 7.11 Å². The second-order valence-electron chi connectivity index (χ2n) is 1.56. The Morgan fingerprint density at radius 2 is 2.62 bits per heavy atom. The molecule has 0 fully saturated rings. The van der Waals surface area contributed by atoms with Crippen molar-refractivity contribution < 1.29 is 4.74 Å². The molecule has 0 aromatic rings. The zero-order chi connectivity index (χ0) is 5.82. The number of methoxy groups -OCH3 is 1. The van der Waals surface area contributed by atoms with Gasteiger partial charge in [0.25, 0.3) is 7.41 Å². The van der Waals surface area contributed by atoms with Gasteiger partial charge in [-0.15, -0.1) is 0 Å². The Morgan fingerprint density at radius 3 is 3.00 bits per heavy atom. The maximum Gasteiger partial charge on any atom is 0.259 e. The predicted molar refractivity (Wildman–Crippen MR) is 34.5 cm³/mol. The fourth-order valence-corrected chi connectivity index (χ4v) is 0.578. The third-order valence-electron chi connectivity index (χ3n) is 0.998. The van der Waals surface area contributed by atoms with Crippen LogP contribution in [0.1, 0.15) is 0 Å². The Kier molecular flexibility index (Phi) is 1.62. The summed E-state index contributed by atoms with van der Waals surface area (Å²) in [5.74, 6) is 2.90. The van der Waals surface area contributed by atoms with E-state index in [1.807, 2.05) is 18.3 Å². The quantitative estimate of drug-likeness (QED) is 0.476. The summed E-state index contributed by atoms with van der Waals surface area (Å²) in [5.41, 5.74) is 0. The second-order valence-corrected chi connectivity index (χ2v) is 1.56. The lowest BCUT2D eigenvalue weighted by molar-refractivity contribution is 0.305. The first-order valence-electron chi connectivity index (χ1n) is 2.57. The predicted octanol–water partition coefficient (Wildman–Crippen LogP) is -0.0574. The van der Waals surface area contributed by atoms with Crippen LogP contribution in [0, 0.1) is 0 Å². The highest BCUT2D eigenvalue weighted by Crippen LogP contribution is 1.96. The van der Waals surface area contributed by atoms with Crippen molar-refractivity contribution in [3.05, 3.63) is 24.0 Å². The minimum absolute atomic E-state index is 0.885. The SMILES string of the molecule is COC1=CNBC=C1. The fourth-order valence-electron chi connectivity index (χ4n) is 0.578. The van der Waals surface area contributed by atoms with Crippen LogP contribution in [0.25, 0.3) is 0 Å². The average molecular weight is 109 g/mol. The van der Waals surface area contributed by atoms with E-state index < -0.39 is 0 Å². The lowest BCUT2D eigenvalue weighted by Gasteiger charge is -2.04. The van der Waals surface area contributed by atoms with Crippen LogP contribution in [0.2, 0.25) is 0 Å². The van der Waals surface area contributed by atoms with E-state index in [2.05, 4.69) is 5.23 Å². The molecule has 0 spiro atoms. The van der Waals surface area contributed by atoms with Crippen molar-refractivity contribution >= 4 is 7.41 Å². The van der Waals surface area contributed by atoms with Gasteiger partial charge in [-0.2, -0.15) is 0 Å². The largest absolute Gasteiger partial charge is 0.495 e. The molecule has 8 heavy (non-hydrogen) atoms. The molecule has 3 heteroatoms. The third kappa shape index (κ3) is 1.06. The highest BCUT2D eigenvalue weighted by atomic mass is 16.5. The average Bonchev–Trinajstić information content (AvgIpc) is 1.90. The van der Waals surface area contributed by atoms with Crippen molar-refractivity contribution in [2.24, 2.45) is 0 Å². The molecule has 0 radical (unpaired) electrons. The molecule has 2 nitrogen and oxygen atoms in total. The van der Waals surface area contributed by atoms with Crippen LogP contribution in [0.3, 0.4) is 0 Å². The van der Waals surface area contributed by atoms with E-state index >= 15 is 0 Å². The van der Waals surface area contributed by atoms with Crippen LogP contribution < -0.4 is 5.23 Å². The van der Waals surface area contributed by atoms with Crippen LogP contribution in [0.4, 0.5) is 0 Å². The standard InChI is InChI=1S/C5H8BNO/c1-8-5-2-3-6-7-4-5/h2-4,6-7H,1H3. The van der Waals surface area contributed by atoms with Gasteiger partial charge in [0, 0.05) is 6.20 Å². The summed E-state index contributed by atoms with van der Waals surface area (Å²) < 4.78 is 4.90. The molecule has 0 aromatic carbocycles. The van der Waals surface area contributed by atoms with Gasteiger partial charge in [-0.05, 0) is 6.08 Å². The molecular weight excluding hydrogens is 101 g/mol. The smallest absolute Gasteiger partial charge is 0.259 e. The summed E-state index contributed by atoms with van der Waals surface area (Å²) in [5, 5.41) is 3.01. The molecule has 1 aliphatic rings. The topological polar surface area (TPSA) is 21.3 Å². The first-order valence-corrected chi connectivity index (χ1v) is 2.57. The summed E-state index contributed by atoms with van der Waals surface area (Å²) in [6.45, 7) is 0. The van der Waals surface area contributed by atoms with Gasteiger partial charge in [0.2, 0.25) is 0 Å².